The second-order valence-corrected chi connectivity index (χ2v) is 4.19. The summed E-state index contributed by atoms with van der Waals surface area (Å²) >= 11 is 3.33. The Bertz CT molecular complexity index is 542. The predicted molar refractivity (Wildman–Crippen MR) is 66.1 cm³/mol. The summed E-state index contributed by atoms with van der Waals surface area (Å²) in [5.74, 6) is 0.428. The topological polar surface area (TPSA) is 63.9 Å². The highest BCUT2D eigenvalue weighted by atomic mass is 79.9. The zero-order valence-corrected chi connectivity index (χ0v) is 10.7. The van der Waals surface area contributed by atoms with Gasteiger partial charge < -0.3 is 15.5 Å². The number of aromatic amines is 1. The second-order valence-electron chi connectivity index (χ2n) is 3.40. The number of benzene rings is 1. The fourth-order valence-electron chi connectivity index (χ4n) is 1.50. The van der Waals surface area contributed by atoms with E-state index in [1.54, 1.807) is 12.1 Å². The van der Waals surface area contributed by atoms with E-state index in [0.29, 0.717) is 28.2 Å². The van der Waals surface area contributed by atoms with Gasteiger partial charge in [0.1, 0.15) is 16.1 Å². The fourth-order valence-corrected chi connectivity index (χ4v) is 2.05. The van der Waals surface area contributed by atoms with Crippen LogP contribution in [0.15, 0.2) is 22.8 Å². The Morgan fingerprint density at radius 3 is 2.82 bits per heavy atom. The first-order valence-electron chi connectivity index (χ1n) is 4.94. The number of ether oxygens (including phenoxy) is 1. The van der Waals surface area contributed by atoms with Crippen LogP contribution in [0, 0.1) is 5.82 Å². The molecule has 1 aromatic heterocycles. The van der Waals surface area contributed by atoms with E-state index in [2.05, 4.69) is 25.9 Å². The summed E-state index contributed by atoms with van der Waals surface area (Å²) in [7, 11) is 1.43. The van der Waals surface area contributed by atoms with Gasteiger partial charge in [-0.25, -0.2) is 9.37 Å². The Morgan fingerprint density at radius 1 is 1.53 bits per heavy atom. The second kappa shape index (κ2) is 4.85. The molecule has 90 valence electrons. The molecule has 6 heteroatoms. The van der Waals surface area contributed by atoms with E-state index >= 15 is 0 Å². The minimum absolute atomic E-state index is 0.208. The average molecular weight is 300 g/mol. The average Bonchev–Trinajstić information content (AvgIpc) is 2.70. The van der Waals surface area contributed by atoms with E-state index in [1.165, 1.54) is 13.2 Å². The lowest BCUT2D eigenvalue weighted by atomic mass is 10.1. The lowest BCUT2D eigenvalue weighted by molar-refractivity contribution is 0.386. The van der Waals surface area contributed by atoms with E-state index in [0.717, 1.165) is 0 Å². The van der Waals surface area contributed by atoms with Crippen molar-refractivity contribution >= 4 is 15.9 Å². The maximum Gasteiger partial charge on any atom is 0.165 e. The summed E-state index contributed by atoms with van der Waals surface area (Å²) in [4.78, 5) is 7.23. The molecule has 0 atom stereocenters. The highest BCUT2D eigenvalue weighted by Gasteiger charge is 2.12. The predicted octanol–water partition coefficient (Wildman–Crippen LogP) is 2.45. The first kappa shape index (κ1) is 12.1. The number of aromatic nitrogens is 2. The number of nitrogens with two attached hydrogens (primary N) is 1. The SMILES string of the molecule is COc1ccc(-c2nc(CN)[nH]c2Br)cc1F. The first-order valence-corrected chi connectivity index (χ1v) is 5.73. The number of nitrogens with zero attached hydrogens (tertiary/aromatic N) is 1. The van der Waals surface area contributed by atoms with Crippen LogP contribution in [-0.4, -0.2) is 17.1 Å². The van der Waals surface area contributed by atoms with Gasteiger partial charge in [0.2, 0.25) is 0 Å². The number of hydrogen-bond acceptors (Lipinski definition) is 3. The molecule has 0 unspecified atom stereocenters. The molecule has 0 bridgehead atoms. The smallest absolute Gasteiger partial charge is 0.165 e. The summed E-state index contributed by atoms with van der Waals surface area (Å²) < 4.78 is 19.1. The van der Waals surface area contributed by atoms with Crippen LogP contribution in [0.2, 0.25) is 0 Å². The summed E-state index contributed by atoms with van der Waals surface area (Å²) in [6, 6.07) is 4.68. The van der Waals surface area contributed by atoms with Crippen LogP contribution in [0.25, 0.3) is 11.3 Å². The number of H-pyrrole nitrogens is 1. The van der Waals surface area contributed by atoms with Gasteiger partial charge >= 0.3 is 0 Å². The molecule has 1 heterocycles. The summed E-state index contributed by atoms with van der Waals surface area (Å²) in [5.41, 5.74) is 6.77. The molecule has 0 aliphatic carbocycles. The van der Waals surface area contributed by atoms with E-state index < -0.39 is 5.82 Å². The van der Waals surface area contributed by atoms with Crippen molar-refractivity contribution in [1.29, 1.82) is 0 Å². The molecule has 0 fully saturated rings. The van der Waals surface area contributed by atoms with Gasteiger partial charge in [0.15, 0.2) is 11.6 Å². The first-order chi connectivity index (χ1) is 8.15. The van der Waals surface area contributed by atoms with Crippen LogP contribution in [0.5, 0.6) is 5.75 Å². The maximum absolute atomic E-state index is 13.6. The summed E-state index contributed by atoms with van der Waals surface area (Å²) in [6.07, 6.45) is 0. The Balaban J connectivity index is 2.45. The third-order valence-corrected chi connectivity index (χ3v) is 2.90. The minimum Gasteiger partial charge on any atom is -0.494 e. The number of hydrogen-bond donors (Lipinski definition) is 2. The minimum atomic E-state index is -0.422. The summed E-state index contributed by atoms with van der Waals surface area (Å²) in [5, 5.41) is 0. The molecular formula is C11H11BrFN3O. The molecule has 2 rings (SSSR count). The van der Waals surface area contributed by atoms with Gasteiger partial charge in [0, 0.05) is 5.56 Å². The van der Waals surface area contributed by atoms with Crippen LogP contribution < -0.4 is 10.5 Å². The van der Waals surface area contributed by atoms with E-state index in [1.807, 2.05) is 0 Å². The zero-order chi connectivity index (χ0) is 12.4. The molecule has 0 aliphatic heterocycles. The lowest BCUT2D eigenvalue weighted by Gasteiger charge is -2.03. The zero-order valence-electron chi connectivity index (χ0n) is 9.13. The third kappa shape index (κ3) is 2.32. The van der Waals surface area contributed by atoms with E-state index in [4.69, 9.17) is 10.5 Å². The molecule has 0 saturated carbocycles. The van der Waals surface area contributed by atoms with Gasteiger partial charge in [-0.2, -0.15) is 0 Å². The van der Waals surface area contributed by atoms with Crippen molar-refractivity contribution in [3.05, 3.63) is 34.4 Å². The Hall–Kier alpha value is -1.40. The number of rotatable bonds is 3. The maximum atomic E-state index is 13.6. The standard InChI is InChI=1S/C11H11BrFN3O/c1-17-8-3-2-6(4-7(8)13)10-11(12)16-9(5-14)15-10/h2-4H,5,14H2,1H3,(H,15,16). The molecule has 3 N–H and O–H groups in total. The van der Waals surface area contributed by atoms with Crippen molar-refractivity contribution in [2.24, 2.45) is 5.73 Å². The largest absolute Gasteiger partial charge is 0.494 e. The molecule has 0 saturated heterocycles. The van der Waals surface area contributed by atoms with Gasteiger partial charge in [-0.15, -0.1) is 0 Å². The van der Waals surface area contributed by atoms with Crippen molar-refractivity contribution in [3.8, 4) is 17.0 Å². The van der Waals surface area contributed by atoms with Crippen molar-refractivity contribution < 1.29 is 9.13 Å². The quantitative estimate of drug-likeness (QED) is 0.915. The lowest BCUT2D eigenvalue weighted by Crippen LogP contribution is -1.97. The van der Waals surface area contributed by atoms with Gasteiger partial charge in [-0.1, -0.05) is 0 Å². The highest BCUT2D eigenvalue weighted by molar-refractivity contribution is 9.10. The Labute approximate surface area is 106 Å². The van der Waals surface area contributed by atoms with Crippen molar-refractivity contribution in [2.75, 3.05) is 7.11 Å². The number of methoxy groups -OCH3 is 1. The molecule has 4 nitrogen and oxygen atoms in total. The van der Waals surface area contributed by atoms with Crippen molar-refractivity contribution in [3.63, 3.8) is 0 Å². The Kier molecular flexibility index (Phi) is 3.44. The normalized spacial score (nSPS) is 10.6. The molecule has 0 spiro atoms. The molecule has 0 radical (unpaired) electrons. The number of halogens is 2. The van der Waals surface area contributed by atoms with Crippen LogP contribution in [0.4, 0.5) is 4.39 Å². The van der Waals surface area contributed by atoms with E-state index in [-0.39, 0.29) is 5.75 Å². The molecule has 0 aliphatic rings. The van der Waals surface area contributed by atoms with Gasteiger partial charge in [-0.05, 0) is 34.1 Å². The van der Waals surface area contributed by atoms with E-state index in [9.17, 15) is 4.39 Å². The molecule has 1 aromatic carbocycles. The van der Waals surface area contributed by atoms with Gasteiger partial charge in [0.05, 0.1) is 13.7 Å². The number of imidazole rings is 1. The Morgan fingerprint density at radius 2 is 2.29 bits per heavy atom. The summed E-state index contributed by atoms with van der Waals surface area (Å²) in [6.45, 7) is 0.303. The monoisotopic (exact) mass is 299 g/mol. The van der Waals surface area contributed by atoms with Gasteiger partial charge in [0.25, 0.3) is 0 Å². The molecule has 17 heavy (non-hydrogen) atoms. The van der Waals surface area contributed by atoms with Crippen LogP contribution in [-0.2, 0) is 6.54 Å². The third-order valence-electron chi connectivity index (χ3n) is 2.33. The molecule has 0 amide bonds. The van der Waals surface area contributed by atoms with Gasteiger partial charge in [-0.3, -0.25) is 0 Å². The number of nitrogens with one attached hydrogen (secondary N) is 1. The fraction of sp³-hybridized carbons (Fsp3) is 0.182. The van der Waals surface area contributed by atoms with Crippen LogP contribution >= 0.6 is 15.9 Å². The van der Waals surface area contributed by atoms with Crippen molar-refractivity contribution in [2.45, 2.75) is 6.54 Å². The molecular weight excluding hydrogens is 289 g/mol. The molecule has 2 aromatic rings. The highest BCUT2D eigenvalue weighted by Crippen LogP contribution is 2.29. The van der Waals surface area contributed by atoms with Crippen LogP contribution in [0.1, 0.15) is 5.82 Å². The van der Waals surface area contributed by atoms with Crippen LogP contribution in [0.3, 0.4) is 0 Å². The van der Waals surface area contributed by atoms with Crippen molar-refractivity contribution in [1.82, 2.24) is 9.97 Å².